The molecule has 0 radical (unpaired) electrons. The van der Waals surface area contributed by atoms with E-state index in [1.165, 1.54) is 6.33 Å². The van der Waals surface area contributed by atoms with Crippen LogP contribution < -0.4 is 15.8 Å². The molecule has 10 nitrogen and oxygen atoms in total. The van der Waals surface area contributed by atoms with E-state index in [0.717, 1.165) is 31.2 Å². The number of fused-ring (bicyclic) bond motifs is 1. The number of ether oxygens (including phenoxy) is 3. The van der Waals surface area contributed by atoms with Crippen molar-refractivity contribution in [2.45, 2.75) is 37.8 Å². The number of rotatable bonds is 8. The number of hydrogen-bond donors (Lipinski definition) is 2. The topological polar surface area (TPSA) is 126 Å². The number of amides is 1. The first-order valence-electron chi connectivity index (χ1n) is 10.6. The second kappa shape index (κ2) is 9.92. The summed E-state index contributed by atoms with van der Waals surface area (Å²) in [5.74, 6) is 0.516. The molecule has 0 aliphatic heterocycles. The summed E-state index contributed by atoms with van der Waals surface area (Å²) in [4.78, 5) is 21.4. The summed E-state index contributed by atoms with van der Waals surface area (Å²) in [6.45, 7) is 1.18. The number of nitrogens with one attached hydrogen (secondary N) is 1. The van der Waals surface area contributed by atoms with Gasteiger partial charge in [-0.3, -0.25) is 4.79 Å². The fourth-order valence-corrected chi connectivity index (χ4v) is 4.06. The van der Waals surface area contributed by atoms with E-state index in [2.05, 4.69) is 20.4 Å². The summed E-state index contributed by atoms with van der Waals surface area (Å²) < 4.78 is 17.7. The van der Waals surface area contributed by atoms with E-state index in [1.807, 2.05) is 6.07 Å². The summed E-state index contributed by atoms with van der Waals surface area (Å²) in [7, 11) is 3.22. The standard InChI is InChI=1S/C22H28N6O4/c1-30-9-10-32-16-5-3-15(4-6-16)27-22(29)17-12-18(14-7-8-24-19(11-14)31-2)28-20(17)21(23)25-13-26-28/h7-8,11-13,15-16H,3-6,9-10H2,1-2H3,(H,27,29)(H2,23,25,26). The van der Waals surface area contributed by atoms with Crippen LogP contribution in [-0.4, -0.2) is 65.1 Å². The number of nitrogens with zero attached hydrogens (tertiary/aromatic N) is 4. The van der Waals surface area contributed by atoms with Crippen LogP contribution >= 0.6 is 0 Å². The zero-order valence-electron chi connectivity index (χ0n) is 18.3. The Morgan fingerprint density at radius 1 is 1.19 bits per heavy atom. The zero-order valence-corrected chi connectivity index (χ0v) is 18.3. The third-order valence-electron chi connectivity index (χ3n) is 5.72. The van der Waals surface area contributed by atoms with Gasteiger partial charge >= 0.3 is 0 Å². The lowest BCUT2D eigenvalue weighted by Gasteiger charge is -2.29. The summed E-state index contributed by atoms with van der Waals surface area (Å²) in [5, 5.41) is 7.48. The van der Waals surface area contributed by atoms with Gasteiger partial charge in [-0.25, -0.2) is 14.5 Å². The van der Waals surface area contributed by atoms with Gasteiger partial charge < -0.3 is 25.3 Å². The molecule has 0 atom stereocenters. The van der Waals surface area contributed by atoms with E-state index in [4.69, 9.17) is 19.9 Å². The van der Waals surface area contributed by atoms with Crippen molar-refractivity contribution in [3.63, 3.8) is 0 Å². The van der Waals surface area contributed by atoms with Gasteiger partial charge in [0.25, 0.3) is 5.91 Å². The van der Waals surface area contributed by atoms with Crippen LogP contribution in [0.1, 0.15) is 36.0 Å². The molecule has 10 heteroatoms. The summed E-state index contributed by atoms with van der Waals surface area (Å²) in [6.07, 6.45) is 6.75. The van der Waals surface area contributed by atoms with Gasteiger partial charge in [0.05, 0.1) is 37.7 Å². The maximum absolute atomic E-state index is 13.2. The number of hydrogen-bond acceptors (Lipinski definition) is 8. The highest BCUT2D eigenvalue weighted by atomic mass is 16.5. The van der Waals surface area contributed by atoms with Crippen LogP contribution in [0.5, 0.6) is 5.88 Å². The van der Waals surface area contributed by atoms with Gasteiger partial charge in [0.2, 0.25) is 5.88 Å². The average Bonchev–Trinajstić information content (AvgIpc) is 3.22. The predicted molar refractivity (Wildman–Crippen MR) is 119 cm³/mol. The molecule has 0 aromatic carbocycles. The van der Waals surface area contributed by atoms with Crippen molar-refractivity contribution in [2.75, 3.05) is 33.2 Å². The smallest absolute Gasteiger partial charge is 0.253 e. The number of anilines is 1. The Hall–Kier alpha value is -3.24. The largest absolute Gasteiger partial charge is 0.481 e. The summed E-state index contributed by atoms with van der Waals surface area (Å²) in [6, 6.07) is 5.47. The maximum Gasteiger partial charge on any atom is 0.253 e. The molecule has 1 aliphatic carbocycles. The summed E-state index contributed by atoms with van der Waals surface area (Å²) in [5.41, 5.74) is 8.56. The van der Waals surface area contributed by atoms with Crippen molar-refractivity contribution in [3.05, 3.63) is 36.3 Å². The number of pyridine rings is 1. The van der Waals surface area contributed by atoms with Crippen LogP contribution in [0.2, 0.25) is 0 Å². The molecule has 3 heterocycles. The third kappa shape index (κ3) is 4.66. The molecule has 3 aromatic heterocycles. The normalized spacial score (nSPS) is 18.6. The average molecular weight is 441 g/mol. The fourth-order valence-electron chi connectivity index (χ4n) is 4.06. The van der Waals surface area contributed by atoms with Gasteiger partial charge in [0, 0.05) is 31.0 Å². The van der Waals surface area contributed by atoms with Gasteiger partial charge in [-0.15, -0.1) is 0 Å². The van der Waals surface area contributed by atoms with Crippen molar-refractivity contribution < 1.29 is 19.0 Å². The van der Waals surface area contributed by atoms with Crippen LogP contribution in [0, 0.1) is 0 Å². The lowest BCUT2D eigenvalue weighted by Crippen LogP contribution is -2.39. The van der Waals surface area contributed by atoms with Gasteiger partial charge in [-0.05, 0) is 37.8 Å². The van der Waals surface area contributed by atoms with Crippen LogP contribution in [-0.2, 0) is 9.47 Å². The van der Waals surface area contributed by atoms with Crippen LogP contribution in [0.15, 0.2) is 30.7 Å². The first-order valence-corrected chi connectivity index (χ1v) is 10.6. The molecule has 0 saturated heterocycles. The maximum atomic E-state index is 13.2. The Labute approximate surface area is 186 Å². The number of aromatic nitrogens is 4. The first-order chi connectivity index (χ1) is 15.6. The van der Waals surface area contributed by atoms with Crippen molar-refractivity contribution >= 4 is 17.2 Å². The van der Waals surface area contributed by atoms with E-state index >= 15 is 0 Å². The third-order valence-corrected chi connectivity index (χ3v) is 5.72. The molecule has 0 spiro atoms. The molecule has 1 aliphatic rings. The molecule has 32 heavy (non-hydrogen) atoms. The number of carbonyl (C=O) groups is 1. The van der Waals surface area contributed by atoms with Gasteiger partial charge in [-0.2, -0.15) is 5.10 Å². The lowest BCUT2D eigenvalue weighted by atomic mass is 9.92. The van der Waals surface area contributed by atoms with Gasteiger partial charge in [0.15, 0.2) is 5.82 Å². The molecular weight excluding hydrogens is 412 g/mol. The summed E-state index contributed by atoms with van der Waals surface area (Å²) >= 11 is 0. The Bertz CT molecular complexity index is 1080. The minimum absolute atomic E-state index is 0.0787. The van der Waals surface area contributed by atoms with Gasteiger partial charge in [0.1, 0.15) is 11.8 Å². The van der Waals surface area contributed by atoms with Crippen LogP contribution in [0.3, 0.4) is 0 Å². The Balaban J connectivity index is 1.53. The van der Waals surface area contributed by atoms with E-state index < -0.39 is 0 Å². The highest BCUT2D eigenvalue weighted by Crippen LogP contribution is 2.29. The van der Waals surface area contributed by atoms with E-state index in [0.29, 0.717) is 35.9 Å². The first kappa shape index (κ1) is 22.0. The van der Waals surface area contributed by atoms with Crippen molar-refractivity contribution in [1.82, 2.24) is 24.9 Å². The number of nitrogens with two attached hydrogens (primary N) is 1. The molecule has 1 fully saturated rings. The van der Waals surface area contributed by atoms with Crippen molar-refractivity contribution in [3.8, 4) is 17.1 Å². The van der Waals surface area contributed by atoms with E-state index in [1.54, 1.807) is 37.1 Å². The van der Waals surface area contributed by atoms with E-state index in [-0.39, 0.29) is 23.9 Å². The SMILES string of the molecule is COCCOC1CCC(NC(=O)c2cc(-c3ccnc(OC)c3)n3ncnc(N)c23)CC1. The highest BCUT2D eigenvalue weighted by molar-refractivity contribution is 6.05. The second-order valence-corrected chi connectivity index (χ2v) is 7.75. The zero-order chi connectivity index (χ0) is 22.5. The number of methoxy groups -OCH3 is 2. The lowest BCUT2D eigenvalue weighted by molar-refractivity contribution is -0.00408. The highest BCUT2D eigenvalue weighted by Gasteiger charge is 2.26. The van der Waals surface area contributed by atoms with Crippen molar-refractivity contribution in [1.29, 1.82) is 0 Å². The number of carbonyl (C=O) groups excluding carboxylic acids is 1. The molecule has 0 unspecified atom stereocenters. The molecule has 4 rings (SSSR count). The molecule has 3 N–H and O–H groups in total. The fraction of sp³-hybridized carbons (Fsp3) is 0.455. The number of nitrogen functional groups attached to an aromatic ring is 1. The monoisotopic (exact) mass is 440 g/mol. The molecule has 1 amide bonds. The molecule has 1 saturated carbocycles. The quantitative estimate of drug-likeness (QED) is 0.510. The Morgan fingerprint density at radius 3 is 2.75 bits per heavy atom. The Morgan fingerprint density at radius 2 is 2.00 bits per heavy atom. The molecular formula is C22H28N6O4. The van der Waals surface area contributed by atoms with Gasteiger partial charge in [-0.1, -0.05) is 0 Å². The van der Waals surface area contributed by atoms with Crippen molar-refractivity contribution in [2.24, 2.45) is 0 Å². The Kier molecular flexibility index (Phi) is 6.81. The van der Waals surface area contributed by atoms with Crippen LogP contribution in [0.4, 0.5) is 5.82 Å². The van der Waals surface area contributed by atoms with Crippen LogP contribution in [0.25, 0.3) is 16.8 Å². The molecule has 170 valence electrons. The molecule has 3 aromatic rings. The molecule has 0 bridgehead atoms. The minimum Gasteiger partial charge on any atom is -0.481 e. The van der Waals surface area contributed by atoms with E-state index in [9.17, 15) is 4.79 Å². The second-order valence-electron chi connectivity index (χ2n) is 7.75. The minimum atomic E-state index is -0.194. The predicted octanol–water partition coefficient (Wildman–Crippen LogP) is 2.09.